The number of amides is 1. The van der Waals surface area contributed by atoms with E-state index in [1.54, 1.807) is 6.92 Å². The van der Waals surface area contributed by atoms with E-state index >= 15 is 0 Å². The molecule has 7 nitrogen and oxygen atoms in total. The highest BCUT2D eigenvalue weighted by Crippen LogP contribution is 2.17. The molecule has 20 heavy (non-hydrogen) atoms. The molecule has 1 heterocycles. The van der Waals surface area contributed by atoms with Gasteiger partial charge in [0.25, 0.3) is 0 Å². The van der Waals surface area contributed by atoms with Crippen LogP contribution in [0.3, 0.4) is 0 Å². The quantitative estimate of drug-likeness (QED) is 0.688. The molecule has 110 valence electrons. The lowest BCUT2D eigenvalue weighted by molar-refractivity contribution is -0.122. The van der Waals surface area contributed by atoms with Crippen LogP contribution in [0.5, 0.6) is 0 Å². The zero-order valence-corrected chi connectivity index (χ0v) is 12.1. The lowest BCUT2D eigenvalue weighted by atomic mass is 10.2. The van der Waals surface area contributed by atoms with E-state index in [2.05, 4.69) is 20.4 Å². The smallest absolute Gasteiger partial charge is 0.356 e. The van der Waals surface area contributed by atoms with Crippen molar-refractivity contribution in [3.63, 3.8) is 0 Å². The Morgan fingerprint density at radius 2 is 1.95 bits per heavy atom. The van der Waals surface area contributed by atoms with E-state index in [9.17, 15) is 9.59 Å². The van der Waals surface area contributed by atoms with E-state index in [4.69, 9.17) is 5.73 Å². The fraction of sp³-hybridized carbons (Fsp3) is 0.462. The van der Waals surface area contributed by atoms with E-state index in [-0.39, 0.29) is 23.5 Å². The number of pyridine rings is 1. The van der Waals surface area contributed by atoms with Crippen molar-refractivity contribution in [2.45, 2.75) is 32.9 Å². The Kier molecular flexibility index (Phi) is 5.31. The molecule has 0 spiro atoms. The summed E-state index contributed by atoms with van der Waals surface area (Å²) in [6, 6.07) is 2.51. The van der Waals surface area contributed by atoms with Gasteiger partial charge in [0, 0.05) is 6.04 Å². The molecule has 1 rings (SSSR count). The number of carbonyl (C=O) groups is 2. The molecular weight excluding hydrogens is 260 g/mol. The molecule has 1 aromatic heterocycles. The Labute approximate surface area is 117 Å². The first kappa shape index (κ1) is 15.7. The second-order valence-corrected chi connectivity index (χ2v) is 4.66. The van der Waals surface area contributed by atoms with Crippen LogP contribution in [0, 0.1) is 0 Å². The van der Waals surface area contributed by atoms with Crippen molar-refractivity contribution in [1.29, 1.82) is 0 Å². The molecule has 0 aromatic carbocycles. The van der Waals surface area contributed by atoms with E-state index in [1.165, 1.54) is 19.2 Å². The number of nitrogens with one attached hydrogen (secondary N) is 2. The van der Waals surface area contributed by atoms with Crippen molar-refractivity contribution in [2.75, 3.05) is 18.2 Å². The van der Waals surface area contributed by atoms with Crippen LogP contribution in [0.15, 0.2) is 12.1 Å². The van der Waals surface area contributed by atoms with Crippen molar-refractivity contribution in [3.05, 3.63) is 17.8 Å². The third-order valence-electron chi connectivity index (χ3n) is 2.50. The summed E-state index contributed by atoms with van der Waals surface area (Å²) in [5.41, 5.74) is 6.25. The SMILES string of the molecule is COC(=O)c1ccc(N)c(NC(C)C(=O)NC(C)C)n1. The fourth-order valence-electron chi connectivity index (χ4n) is 1.48. The number of ether oxygens (including phenoxy) is 1. The first-order valence-corrected chi connectivity index (χ1v) is 6.27. The Balaban J connectivity index is 2.86. The summed E-state index contributed by atoms with van der Waals surface area (Å²) in [6.45, 7) is 5.42. The molecule has 1 unspecified atom stereocenters. The normalized spacial score (nSPS) is 11.8. The van der Waals surface area contributed by atoms with Gasteiger partial charge in [-0.3, -0.25) is 4.79 Å². The van der Waals surface area contributed by atoms with Gasteiger partial charge >= 0.3 is 5.97 Å². The second kappa shape index (κ2) is 6.74. The molecule has 0 fully saturated rings. The monoisotopic (exact) mass is 280 g/mol. The fourth-order valence-corrected chi connectivity index (χ4v) is 1.48. The second-order valence-electron chi connectivity index (χ2n) is 4.66. The lowest BCUT2D eigenvalue weighted by Gasteiger charge is -2.17. The van der Waals surface area contributed by atoms with Crippen LogP contribution in [0.1, 0.15) is 31.3 Å². The Hall–Kier alpha value is -2.31. The van der Waals surface area contributed by atoms with Gasteiger partial charge in [-0.1, -0.05) is 0 Å². The molecule has 0 saturated heterocycles. The molecule has 1 amide bonds. The van der Waals surface area contributed by atoms with Crippen molar-refractivity contribution >= 4 is 23.4 Å². The molecule has 1 atom stereocenters. The molecule has 0 radical (unpaired) electrons. The molecule has 0 saturated carbocycles. The van der Waals surface area contributed by atoms with Crippen LogP contribution in [0.4, 0.5) is 11.5 Å². The van der Waals surface area contributed by atoms with Crippen LogP contribution in [-0.4, -0.2) is 36.1 Å². The van der Waals surface area contributed by atoms with Crippen LogP contribution in [-0.2, 0) is 9.53 Å². The van der Waals surface area contributed by atoms with Gasteiger partial charge in [-0.05, 0) is 32.9 Å². The van der Waals surface area contributed by atoms with Crippen molar-refractivity contribution in [2.24, 2.45) is 0 Å². The zero-order chi connectivity index (χ0) is 15.3. The number of hydrogen-bond donors (Lipinski definition) is 3. The van der Waals surface area contributed by atoms with E-state index < -0.39 is 12.0 Å². The summed E-state index contributed by atoms with van der Waals surface area (Å²) >= 11 is 0. The van der Waals surface area contributed by atoms with Crippen LogP contribution >= 0.6 is 0 Å². The maximum Gasteiger partial charge on any atom is 0.356 e. The minimum Gasteiger partial charge on any atom is -0.464 e. The molecule has 4 N–H and O–H groups in total. The Morgan fingerprint density at radius 3 is 2.50 bits per heavy atom. The number of hydrogen-bond acceptors (Lipinski definition) is 6. The summed E-state index contributed by atoms with van der Waals surface area (Å²) in [6.07, 6.45) is 0. The predicted molar refractivity (Wildman–Crippen MR) is 76.4 cm³/mol. The van der Waals surface area contributed by atoms with E-state index in [0.717, 1.165) is 0 Å². The first-order valence-electron chi connectivity index (χ1n) is 6.27. The van der Waals surface area contributed by atoms with Gasteiger partial charge in [0.05, 0.1) is 12.8 Å². The van der Waals surface area contributed by atoms with Crippen LogP contribution in [0.2, 0.25) is 0 Å². The molecular formula is C13H20N4O3. The first-order chi connectivity index (χ1) is 9.35. The topological polar surface area (TPSA) is 106 Å². The molecule has 7 heteroatoms. The summed E-state index contributed by atoms with van der Waals surface area (Å²) in [5, 5.41) is 5.65. The summed E-state index contributed by atoms with van der Waals surface area (Å²) in [5.74, 6) is -0.462. The number of methoxy groups -OCH3 is 1. The number of esters is 1. The van der Waals surface area contributed by atoms with Gasteiger partial charge in [0.2, 0.25) is 5.91 Å². The third kappa shape index (κ3) is 4.11. The van der Waals surface area contributed by atoms with Gasteiger partial charge in [0.1, 0.15) is 6.04 Å². The molecule has 0 bridgehead atoms. The summed E-state index contributed by atoms with van der Waals surface area (Å²) < 4.78 is 4.59. The predicted octanol–water partition coefficient (Wildman–Crippen LogP) is 0.775. The average Bonchev–Trinajstić information content (AvgIpc) is 2.39. The van der Waals surface area contributed by atoms with Crippen molar-refractivity contribution in [1.82, 2.24) is 10.3 Å². The number of rotatable bonds is 5. The van der Waals surface area contributed by atoms with Crippen molar-refractivity contribution < 1.29 is 14.3 Å². The third-order valence-corrected chi connectivity index (χ3v) is 2.50. The zero-order valence-electron chi connectivity index (χ0n) is 12.1. The minimum atomic E-state index is -0.563. The van der Waals surface area contributed by atoms with Crippen molar-refractivity contribution in [3.8, 4) is 0 Å². The number of nitrogens with two attached hydrogens (primary N) is 1. The number of aromatic nitrogens is 1. The highest BCUT2D eigenvalue weighted by atomic mass is 16.5. The molecule has 1 aromatic rings. The maximum atomic E-state index is 11.8. The summed E-state index contributed by atoms with van der Waals surface area (Å²) in [4.78, 5) is 27.3. The molecule has 0 aliphatic carbocycles. The Morgan fingerprint density at radius 1 is 1.30 bits per heavy atom. The highest BCUT2D eigenvalue weighted by Gasteiger charge is 2.17. The van der Waals surface area contributed by atoms with Gasteiger partial charge < -0.3 is 21.1 Å². The minimum absolute atomic E-state index is 0.0402. The maximum absolute atomic E-state index is 11.8. The lowest BCUT2D eigenvalue weighted by Crippen LogP contribution is -2.41. The summed E-state index contributed by atoms with van der Waals surface area (Å²) in [7, 11) is 1.27. The van der Waals surface area contributed by atoms with E-state index in [0.29, 0.717) is 5.69 Å². The average molecular weight is 280 g/mol. The van der Waals surface area contributed by atoms with Crippen LogP contribution < -0.4 is 16.4 Å². The number of carbonyl (C=O) groups excluding carboxylic acids is 2. The van der Waals surface area contributed by atoms with E-state index in [1.807, 2.05) is 13.8 Å². The molecule has 0 aliphatic heterocycles. The Bertz CT molecular complexity index is 502. The van der Waals surface area contributed by atoms with Gasteiger partial charge in [-0.15, -0.1) is 0 Å². The molecule has 0 aliphatic rings. The van der Waals surface area contributed by atoms with Crippen LogP contribution in [0.25, 0.3) is 0 Å². The van der Waals surface area contributed by atoms with Gasteiger partial charge in [-0.2, -0.15) is 0 Å². The number of nitrogen functional groups attached to an aromatic ring is 1. The van der Waals surface area contributed by atoms with Gasteiger partial charge in [-0.25, -0.2) is 9.78 Å². The highest BCUT2D eigenvalue weighted by molar-refractivity contribution is 5.89. The number of anilines is 2. The van der Waals surface area contributed by atoms with Gasteiger partial charge in [0.15, 0.2) is 11.5 Å². The standard InChI is InChI=1S/C13H20N4O3/c1-7(2)15-12(18)8(3)16-11-9(14)5-6-10(17-11)13(19)20-4/h5-8H,14H2,1-4H3,(H,15,18)(H,16,17). The number of nitrogens with zero attached hydrogens (tertiary/aromatic N) is 1. The largest absolute Gasteiger partial charge is 0.464 e.